The van der Waals surface area contributed by atoms with Gasteiger partial charge in [0.05, 0.1) is 0 Å². The Hall–Kier alpha value is 0. The van der Waals surface area contributed by atoms with Crippen molar-refractivity contribution in [2.45, 2.75) is 73.1 Å². The molecule has 0 spiro atoms. The van der Waals surface area contributed by atoms with Crippen LogP contribution in [-0.2, 0) is 0 Å². The van der Waals surface area contributed by atoms with E-state index in [-0.39, 0.29) is 0 Å². The summed E-state index contributed by atoms with van der Waals surface area (Å²) in [5, 5.41) is 0. The largest absolute Gasteiger partial charge is 0.0651 e. The normalized spacial score (nSPS) is 31.3. The maximum Gasteiger partial charge on any atom is -0.0386 e. The Morgan fingerprint density at radius 2 is 1.69 bits per heavy atom. The number of rotatable bonds is 6. The van der Waals surface area contributed by atoms with E-state index in [4.69, 9.17) is 0 Å². The molecule has 0 aromatic rings. The van der Waals surface area contributed by atoms with E-state index in [1.54, 1.807) is 0 Å². The van der Waals surface area contributed by atoms with Crippen molar-refractivity contribution < 1.29 is 0 Å². The Kier molecular flexibility index (Phi) is 5.86. The summed E-state index contributed by atoms with van der Waals surface area (Å²) in [5.74, 6) is 4.84. The minimum atomic E-state index is 0.912. The van der Waals surface area contributed by atoms with Crippen molar-refractivity contribution in [1.29, 1.82) is 0 Å². The zero-order valence-electron chi connectivity index (χ0n) is 12.1. The Bertz CT molecular complexity index is 184. The van der Waals surface area contributed by atoms with Crippen LogP contribution >= 0.6 is 0 Å². The highest BCUT2D eigenvalue weighted by Crippen LogP contribution is 2.37. The van der Waals surface area contributed by atoms with E-state index >= 15 is 0 Å². The minimum Gasteiger partial charge on any atom is -0.0651 e. The molecule has 0 aliphatic heterocycles. The number of hydrogen-bond donors (Lipinski definition) is 0. The topological polar surface area (TPSA) is 0 Å². The van der Waals surface area contributed by atoms with Crippen LogP contribution in [-0.4, -0.2) is 0 Å². The summed E-state index contributed by atoms with van der Waals surface area (Å²) < 4.78 is 0. The molecule has 0 amide bonds. The van der Waals surface area contributed by atoms with Crippen molar-refractivity contribution in [3.63, 3.8) is 0 Å². The second kappa shape index (κ2) is 6.67. The van der Waals surface area contributed by atoms with Crippen molar-refractivity contribution in [3.8, 4) is 0 Å². The van der Waals surface area contributed by atoms with Crippen LogP contribution in [0, 0.1) is 29.6 Å². The van der Waals surface area contributed by atoms with Crippen LogP contribution < -0.4 is 0 Å². The molecule has 5 atom stereocenters. The summed E-state index contributed by atoms with van der Waals surface area (Å²) in [6, 6.07) is 0. The molecule has 0 saturated heterocycles. The monoisotopic (exact) mass is 224 g/mol. The van der Waals surface area contributed by atoms with E-state index in [1.807, 2.05) is 0 Å². The molecule has 0 aromatic heterocycles. The van der Waals surface area contributed by atoms with Crippen molar-refractivity contribution in [3.05, 3.63) is 0 Å². The van der Waals surface area contributed by atoms with Crippen LogP contribution in [0.1, 0.15) is 73.1 Å². The first-order valence-electron chi connectivity index (χ1n) is 7.54. The Morgan fingerprint density at radius 3 is 2.19 bits per heavy atom. The molecule has 16 heavy (non-hydrogen) atoms. The summed E-state index contributed by atoms with van der Waals surface area (Å²) in [5.41, 5.74) is 0. The molecule has 5 unspecified atom stereocenters. The van der Waals surface area contributed by atoms with Gasteiger partial charge in [0.15, 0.2) is 0 Å². The van der Waals surface area contributed by atoms with Gasteiger partial charge < -0.3 is 0 Å². The lowest BCUT2D eigenvalue weighted by Crippen LogP contribution is -2.13. The fraction of sp³-hybridized carbons (Fsp3) is 1.00. The highest BCUT2D eigenvalue weighted by Gasteiger charge is 2.26. The molecular formula is C16H32. The lowest BCUT2D eigenvalue weighted by atomic mass is 9.82. The molecule has 0 radical (unpaired) electrons. The average Bonchev–Trinajstić information content (AvgIpc) is 2.71. The Balaban J connectivity index is 2.21. The average molecular weight is 224 g/mol. The van der Waals surface area contributed by atoms with Gasteiger partial charge in [-0.15, -0.1) is 0 Å². The van der Waals surface area contributed by atoms with Gasteiger partial charge in [0, 0.05) is 0 Å². The Morgan fingerprint density at radius 1 is 1.00 bits per heavy atom. The van der Waals surface area contributed by atoms with Gasteiger partial charge in [0.1, 0.15) is 0 Å². The van der Waals surface area contributed by atoms with E-state index < -0.39 is 0 Å². The third-order valence-electron chi connectivity index (χ3n) is 5.23. The summed E-state index contributed by atoms with van der Waals surface area (Å²) in [6.07, 6.45) is 8.73. The van der Waals surface area contributed by atoms with Gasteiger partial charge in [0.2, 0.25) is 0 Å². The first kappa shape index (κ1) is 14.1. The van der Waals surface area contributed by atoms with Crippen molar-refractivity contribution in [2.24, 2.45) is 29.6 Å². The van der Waals surface area contributed by atoms with Crippen LogP contribution in [0.4, 0.5) is 0 Å². The predicted octanol–water partition coefficient (Wildman–Crippen LogP) is 5.52. The third kappa shape index (κ3) is 4.11. The summed E-state index contributed by atoms with van der Waals surface area (Å²) in [7, 11) is 0. The smallest absolute Gasteiger partial charge is 0.0386 e. The quantitative estimate of drug-likeness (QED) is 0.557. The summed E-state index contributed by atoms with van der Waals surface area (Å²) >= 11 is 0. The SMILES string of the molecule is CCC(C)C(C)CCC(C)C1CCC(C)C1. The maximum absolute atomic E-state index is 2.49. The minimum absolute atomic E-state index is 0.912. The molecule has 0 bridgehead atoms. The highest BCUT2D eigenvalue weighted by molar-refractivity contribution is 4.77. The van der Waals surface area contributed by atoms with Crippen molar-refractivity contribution in [1.82, 2.24) is 0 Å². The molecular weight excluding hydrogens is 192 g/mol. The van der Waals surface area contributed by atoms with Gasteiger partial charge >= 0.3 is 0 Å². The molecule has 0 heterocycles. The highest BCUT2D eigenvalue weighted by atomic mass is 14.3. The van der Waals surface area contributed by atoms with E-state index in [0.717, 1.165) is 29.6 Å². The van der Waals surface area contributed by atoms with E-state index in [0.29, 0.717) is 0 Å². The van der Waals surface area contributed by atoms with Gasteiger partial charge in [-0.3, -0.25) is 0 Å². The second-order valence-corrected chi connectivity index (χ2v) is 6.60. The first-order valence-corrected chi connectivity index (χ1v) is 7.54. The van der Waals surface area contributed by atoms with Gasteiger partial charge in [-0.2, -0.15) is 0 Å². The van der Waals surface area contributed by atoms with Gasteiger partial charge in [-0.05, 0) is 42.4 Å². The molecule has 1 aliphatic rings. The van der Waals surface area contributed by atoms with Gasteiger partial charge in [-0.1, -0.05) is 60.3 Å². The fourth-order valence-corrected chi connectivity index (χ4v) is 3.22. The molecule has 0 N–H and O–H groups in total. The first-order chi connectivity index (χ1) is 7.54. The molecule has 96 valence electrons. The Labute approximate surface area is 103 Å². The molecule has 1 fully saturated rings. The fourth-order valence-electron chi connectivity index (χ4n) is 3.22. The molecule has 1 saturated carbocycles. The lowest BCUT2D eigenvalue weighted by molar-refractivity contribution is 0.276. The predicted molar refractivity (Wildman–Crippen MR) is 73.5 cm³/mol. The zero-order chi connectivity index (χ0) is 12.1. The van der Waals surface area contributed by atoms with Gasteiger partial charge in [-0.25, -0.2) is 0 Å². The van der Waals surface area contributed by atoms with Crippen LogP contribution in [0.25, 0.3) is 0 Å². The van der Waals surface area contributed by atoms with Crippen LogP contribution in [0.3, 0.4) is 0 Å². The van der Waals surface area contributed by atoms with Crippen LogP contribution in [0.5, 0.6) is 0 Å². The molecule has 0 aromatic carbocycles. The zero-order valence-corrected chi connectivity index (χ0v) is 12.1. The second-order valence-electron chi connectivity index (χ2n) is 6.60. The summed E-state index contributed by atoms with van der Waals surface area (Å²) in [4.78, 5) is 0. The van der Waals surface area contributed by atoms with Crippen LogP contribution in [0.2, 0.25) is 0 Å². The molecule has 1 rings (SSSR count). The lowest BCUT2D eigenvalue weighted by Gasteiger charge is -2.23. The third-order valence-corrected chi connectivity index (χ3v) is 5.23. The molecule has 0 nitrogen and oxygen atoms in total. The molecule has 1 aliphatic carbocycles. The summed E-state index contributed by atoms with van der Waals surface area (Å²) in [6.45, 7) is 12.1. The van der Waals surface area contributed by atoms with Crippen molar-refractivity contribution >= 4 is 0 Å². The van der Waals surface area contributed by atoms with E-state index in [1.165, 1.54) is 38.5 Å². The van der Waals surface area contributed by atoms with Gasteiger partial charge in [0.25, 0.3) is 0 Å². The maximum atomic E-state index is 2.49. The van der Waals surface area contributed by atoms with E-state index in [2.05, 4.69) is 34.6 Å². The number of hydrogen-bond acceptors (Lipinski definition) is 0. The van der Waals surface area contributed by atoms with E-state index in [9.17, 15) is 0 Å². The van der Waals surface area contributed by atoms with Crippen molar-refractivity contribution in [2.75, 3.05) is 0 Å². The molecule has 0 heteroatoms. The standard InChI is InChI=1S/C16H32/c1-6-13(3)14(4)8-9-15(5)16-10-7-12(2)11-16/h12-16H,6-11H2,1-5H3. The van der Waals surface area contributed by atoms with Crippen LogP contribution in [0.15, 0.2) is 0 Å².